The molecule has 2 amide bonds. The quantitative estimate of drug-likeness (QED) is 0.860. The third-order valence-electron chi connectivity index (χ3n) is 2.77. The summed E-state index contributed by atoms with van der Waals surface area (Å²) < 4.78 is 5.63. The van der Waals surface area contributed by atoms with E-state index >= 15 is 0 Å². The highest BCUT2D eigenvalue weighted by Gasteiger charge is 2.28. The second kappa shape index (κ2) is 6.23. The molecule has 7 heteroatoms. The fraction of sp³-hybridized carbons (Fsp3) is 0.308. The van der Waals surface area contributed by atoms with Gasteiger partial charge in [-0.05, 0) is 24.6 Å². The molecule has 0 radical (unpaired) electrons. The molecule has 1 aliphatic rings. The Kier molecular flexibility index (Phi) is 4.61. The van der Waals surface area contributed by atoms with Gasteiger partial charge in [-0.15, -0.1) is 0 Å². The van der Waals surface area contributed by atoms with Crippen molar-refractivity contribution in [2.45, 2.75) is 6.92 Å². The largest absolute Gasteiger partial charge is 0.495 e. The van der Waals surface area contributed by atoms with Crippen LogP contribution < -0.4 is 10.1 Å². The monoisotopic (exact) mass is 310 g/mol. The van der Waals surface area contributed by atoms with Crippen LogP contribution in [0.3, 0.4) is 0 Å². The minimum Gasteiger partial charge on any atom is -0.495 e. The Morgan fingerprint density at radius 3 is 2.90 bits per heavy atom. The first kappa shape index (κ1) is 14.8. The number of rotatable bonds is 4. The number of aryl methyl sites for hydroxylation is 1. The van der Waals surface area contributed by atoms with E-state index in [9.17, 15) is 9.59 Å². The third kappa shape index (κ3) is 3.29. The molecule has 0 unspecified atom stereocenters. The summed E-state index contributed by atoms with van der Waals surface area (Å²) in [6, 6.07) is 5.49. The van der Waals surface area contributed by atoms with Crippen LogP contribution in [-0.4, -0.2) is 40.4 Å². The molecule has 1 saturated heterocycles. The topological polar surface area (TPSA) is 58.6 Å². The fourth-order valence-electron chi connectivity index (χ4n) is 1.79. The highest BCUT2D eigenvalue weighted by molar-refractivity contribution is 8.23. The molecule has 1 fully saturated rings. The second-order valence-corrected chi connectivity index (χ2v) is 5.90. The van der Waals surface area contributed by atoms with Gasteiger partial charge in [0.2, 0.25) is 11.8 Å². The number of amides is 2. The average molecular weight is 310 g/mol. The van der Waals surface area contributed by atoms with Crippen molar-refractivity contribution in [2.24, 2.45) is 0 Å². The van der Waals surface area contributed by atoms with Gasteiger partial charge < -0.3 is 10.1 Å². The van der Waals surface area contributed by atoms with Crippen LogP contribution in [0.15, 0.2) is 18.2 Å². The number of thioether (sulfide) groups is 1. The molecule has 0 atom stereocenters. The molecule has 1 aliphatic heterocycles. The van der Waals surface area contributed by atoms with E-state index in [2.05, 4.69) is 5.32 Å². The van der Waals surface area contributed by atoms with Crippen LogP contribution in [0.5, 0.6) is 5.75 Å². The summed E-state index contributed by atoms with van der Waals surface area (Å²) in [4.78, 5) is 24.9. The lowest BCUT2D eigenvalue weighted by atomic mass is 10.2. The lowest BCUT2D eigenvalue weighted by Crippen LogP contribution is -2.36. The number of carbonyl (C=O) groups is 2. The average Bonchev–Trinajstić information content (AvgIpc) is 2.71. The first-order valence-corrected chi connectivity index (χ1v) is 7.32. The van der Waals surface area contributed by atoms with E-state index in [1.54, 1.807) is 6.07 Å². The normalized spacial score (nSPS) is 14.6. The zero-order valence-corrected chi connectivity index (χ0v) is 12.8. The van der Waals surface area contributed by atoms with Crippen molar-refractivity contribution in [1.82, 2.24) is 4.90 Å². The molecule has 5 nitrogen and oxygen atoms in total. The van der Waals surface area contributed by atoms with Crippen molar-refractivity contribution in [3.8, 4) is 5.75 Å². The minimum absolute atomic E-state index is 0.0677. The van der Waals surface area contributed by atoms with Crippen LogP contribution in [-0.2, 0) is 9.59 Å². The van der Waals surface area contributed by atoms with E-state index < -0.39 is 0 Å². The summed E-state index contributed by atoms with van der Waals surface area (Å²) in [5.74, 6) is 0.451. The summed E-state index contributed by atoms with van der Waals surface area (Å²) in [6.45, 7) is 1.85. The Morgan fingerprint density at radius 2 is 2.30 bits per heavy atom. The van der Waals surface area contributed by atoms with Crippen LogP contribution in [0.25, 0.3) is 0 Å². The van der Waals surface area contributed by atoms with Crippen molar-refractivity contribution < 1.29 is 14.3 Å². The molecule has 1 aromatic rings. The lowest BCUT2D eigenvalue weighted by Gasteiger charge is -2.16. The van der Waals surface area contributed by atoms with E-state index in [1.807, 2.05) is 19.1 Å². The smallest absolute Gasteiger partial charge is 0.244 e. The summed E-state index contributed by atoms with van der Waals surface area (Å²) >= 11 is 6.31. The van der Waals surface area contributed by atoms with Gasteiger partial charge in [0.05, 0.1) is 18.6 Å². The lowest BCUT2D eigenvalue weighted by molar-refractivity contribution is -0.128. The molecular weight excluding hydrogens is 296 g/mol. The van der Waals surface area contributed by atoms with Gasteiger partial charge in [0.1, 0.15) is 16.6 Å². The number of carbonyl (C=O) groups excluding carboxylic acids is 2. The summed E-state index contributed by atoms with van der Waals surface area (Å²) in [6.07, 6.45) is 0. The number of hydrogen-bond donors (Lipinski definition) is 1. The maximum Gasteiger partial charge on any atom is 0.244 e. The molecule has 0 spiro atoms. The molecule has 1 aromatic carbocycles. The summed E-state index contributed by atoms with van der Waals surface area (Å²) in [5.41, 5.74) is 1.59. The Hall–Kier alpha value is -1.60. The Morgan fingerprint density at radius 1 is 1.55 bits per heavy atom. The van der Waals surface area contributed by atoms with Crippen molar-refractivity contribution in [2.75, 3.05) is 24.7 Å². The molecule has 1 heterocycles. The SMILES string of the molecule is COc1ccc(C)cc1NC(=O)CN1C(=O)CSC1=S. The first-order chi connectivity index (χ1) is 9.51. The van der Waals surface area contributed by atoms with Gasteiger partial charge in [0, 0.05) is 0 Å². The van der Waals surface area contributed by atoms with Crippen LogP contribution >= 0.6 is 24.0 Å². The highest BCUT2D eigenvalue weighted by Crippen LogP contribution is 2.25. The molecule has 1 N–H and O–H groups in total. The van der Waals surface area contributed by atoms with Crippen molar-refractivity contribution in [3.63, 3.8) is 0 Å². The molecule has 106 valence electrons. The number of thiocarbonyl (C=S) groups is 1. The summed E-state index contributed by atoms with van der Waals surface area (Å²) in [7, 11) is 1.54. The molecule has 20 heavy (non-hydrogen) atoms. The summed E-state index contributed by atoms with van der Waals surface area (Å²) in [5, 5.41) is 2.74. The molecule has 0 bridgehead atoms. The van der Waals surface area contributed by atoms with E-state index in [0.717, 1.165) is 5.56 Å². The fourth-order valence-corrected chi connectivity index (χ4v) is 2.85. The van der Waals surface area contributed by atoms with Crippen molar-refractivity contribution in [3.05, 3.63) is 23.8 Å². The Balaban J connectivity index is 2.06. The standard InChI is InChI=1S/C13H14N2O3S2/c1-8-3-4-10(18-2)9(5-8)14-11(16)6-15-12(17)7-20-13(15)19/h3-5H,6-7H2,1-2H3,(H,14,16). The van der Waals surface area contributed by atoms with Gasteiger partial charge in [0.15, 0.2) is 0 Å². The van der Waals surface area contributed by atoms with Gasteiger partial charge >= 0.3 is 0 Å². The van der Waals surface area contributed by atoms with E-state index in [1.165, 1.54) is 23.8 Å². The minimum atomic E-state index is -0.299. The van der Waals surface area contributed by atoms with E-state index in [0.29, 0.717) is 21.5 Å². The van der Waals surface area contributed by atoms with Crippen molar-refractivity contribution in [1.29, 1.82) is 0 Å². The zero-order valence-electron chi connectivity index (χ0n) is 11.1. The maximum atomic E-state index is 12.0. The number of ether oxygens (including phenoxy) is 1. The second-order valence-electron chi connectivity index (χ2n) is 4.29. The zero-order chi connectivity index (χ0) is 14.7. The van der Waals surface area contributed by atoms with Crippen molar-refractivity contribution >= 4 is 45.8 Å². The molecule has 0 aliphatic carbocycles. The van der Waals surface area contributed by atoms with Gasteiger partial charge in [-0.2, -0.15) is 0 Å². The van der Waals surface area contributed by atoms with Gasteiger partial charge in [0.25, 0.3) is 0 Å². The predicted octanol–water partition coefficient (Wildman–Crippen LogP) is 1.80. The number of nitrogens with one attached hydrogen (secondary N) is 1. The van der Waals surface area contributed by atoms with E-state index in [-0.39, 0.29) is 18.4 Å². The Bertz CT molecular complexity index is 559. The third-order valence-corrected chi connectivity index (χ3v) is 4.20. The number of benzene rings is 1. The van der Waals surface area contributed by atoms with Crippen LogP contribution in [0.2, 0.25) is 0 Å². The molecule has 0 saturated carbocycles. The maximum absolute atomic E-state index is 12.0. The van der Waals surface area contributed by atoms with Gasteiger partial charge in [-0.25, -0.2) is 0 Å². The number of methoxy groups -OCH3 is 1. The predicted molar refractivity (Wildman–Crippen MR) is 83.1 cm³/mol. The number of anilines is 1. The number of hydrogen-bond acceptors (Lipinski definition) is 5. The highest BCUT2D eigenvalue weighted by atomic mass is 32.2. The first-order valence-electron chi connectivity index (χ1n) is 5.93. The molecular formula is C13H14N2O3S2. The van der Waals surface area contributed by atoms with E-state index in [4.69, 9.17) is 17.0 Å². The van der Waals surface area contributed by atoms with Crippen LogP contribution in [0.4, 0.5) is 5.69 Å². The van der Waals surface area contributed by atoms with Gasteiger partial charge in [-0.1, -0.05) is 30.0 Å². The number of nitrogens with zero attached hydrogens (tertiary/aromatic N) is 1. The Labute approximate surface area is 126 Å². The molecule has 2 rings (SSSR count). The van der Waals surface area contributed by atoms with Crippen LogP contribution in [0.1, 0.15) is 5.56 Å². The van der Waals surface area contributed by atoms with Crippen LogP contribution in [0, 0.1) is 6.92 Å². The van der Waals surface area contributed by atoms with Gasteiger partial charge in [-0.3, -0.25) is 14.5 Å². The molecule has 0 aromatic heterocycles.